The fraction of sp³-hybridized carbons (Fsp3) is 0.278. The molecule has 0 aliphatic rings. The summed E-state index contributed by atoms with van der Waals surface area (Å²) in [7, 11) is 0. The normalized spacial score (nSPS) is 12.1. The third-order valence-corrected chi connectivity index (χ3v) is 4.24. The van der Waals surface area contributed by atoms with Crippen LogP contribution in [0.2, 0.25) is 0 Å². The maximum Gasteiger partial charge on any atom is 0.406 e. The molecule has 3 aromatic rings. The number of hydrogen-bond acceptors (Lipinski definition) is 3. The number of imidazole rings is 1. The molecular formula is C18H19F3N4. The summed E-state index contributed by atoms with van der Waals surface area (Å²) in [5.41, 5.74) is 17.4. The molecule has 1 heterocycles. The van der Waals surface area contributed by atoms with Crippen molar-refractivity contribution in [1.29, 1.82) is 0 Å². The molecule has 132 valence electrons. The lowest BCUT2D eigenvalue weighted by atomic mass is 9.93. The quantitative estimate of drug-likeness (QED) is 0.676. The van der Waals surface area contributed by atoms with Gasteiger partial charge in [0.1, 0.15) is 12.1 Å². The van der Waals surface area contributed by atoms with Crippen molar-refractivity contribution in [2.45, 2.75) is 33.5 Å². The summed E-state index contributed by atoms with van der Waals surface area (Å²) in [4.78, 5) is 4.20. The van der Waals surface area contributed by atoms with Gasteiger partial charge in [-0.15, -0.1) is 0 Å². The number of hydrogen-bond donors (Lipinski definition) is 2. The molecule has 1 aromatic heterocycles. The number of nitrogens with two attached hydrogens (primary N) is 2. The summed E-state index contributed by atoms with van der Waals surface area (Å²) < 4.78 is 39.7. The van der Waals surface area contributed by atoms with Crippen LogP contribution in [0.5, 0.6) is 0 Å². The van der Waals surface area contributed by atoms with Crippen molar-refractivity contribution in [2.75, 3.05) is 11.5 Å². The topological polar surface area (TPSA) is 69.9 Å². The van der Waals surface area contributed by atoms with E-state index >= 15 is 0 Å². The van der Waals surface area contributed by atoms with E-state index in [9.17, 15) is 13.2 Å². The van der Waals surface area contributed by atoms with Gasteiger partial charge in [-0.1, -0.05) is 17.7 Å². The van der Waals surface area contributed by atoms with Crippen molar-refractivity contribution in [3.05, 3.63) is 41.0 Å². The van der Waals surface area contributed by atoms with Gasteiger partial charge >= 0.3 is 6.18 Å². The van der Waals surface area contributed by atoms with Gasteiger partial charge < -0.3 is 11.5 Å². The van der Waals surface area contributed by atoms with Crippen LogP contribution >= 0.6 is 0 Å². The number of fused-ring (bicyclic) bond motifs is 1. The second kappa shape index (κ2) is 5.68. The van der Waals surface area contributed by atoms with E-state index in [1.165, 1.54) is 0 Å². The van der Waals surface area contributed by atoms with Crippen molar-refractivity contribution in [1.82, 2.24) is 9.55 Å². The number of anilines is 2. The lowest BCUT2D eigenvalue weighted by Gasteiger charge is -2.14. The monoisotopic (exact) mass is 348 g/mol. The van der Waals surface area contributed by atoms with Crippen molar-refractivity contribution >= 4 is 22.7 Å². The molecule has 3 rings (SSSR count). The third-order valence-electron chi connectivity index (χ3n) is 4.24. The number of alkyl halides is 3. The van der Waals surface area contributed by atoms with Crippen LogP contribution in [0.4, 0.5) is 24.8 Å². The molecule has 0 bridgehead atoms. The summed E-state index contributed by atoms with van der Waals surface area (Å²) in [6.07, 6.45) is -4.42. The SMILES string of the molecule is Cc1cc(C)c(-c2ccc(N)c3c2nc(N)n3CC(F)(F)F)c(C)c1. The minimum atomic E-state index is -4.42. The predicted molar refractivity (Wildman–Crippen MR) is 94.3 cm³/mol. The Kier molecular flexibility index (Phi) is 3.89. The van der Waals surface area contributed by atoms with Gasteiger partial charge in [0.15, 0.2) is 0 Å². The molecule has 0 aliphatic heterocycles. The Hall–Kier alpha value is -2.70. The molecule has 0 spiro atoms. The lowest BCUT2D eigenvalue weighted by Crippen LogP contribution is -2.19. The van der Waals surface area contributed by atoms with Crippen molar-refractivity contribution in [2.24, 2.45) is 0 Å². The van der Waals surface area contributed by atoms with Crippen LogP contribution in [0.3, 0.4) is 0 Å². The van der Waals surface area contributed by atoms with Gasteiger partial charge in [0.25, 0.3) is 0 Å². The van der Waals surface area contributed by atoms with Gasteiger partial charge in [0.2, 0.25) is 5.95 Å². The molecule has 7 heteroatoms. The molecule has 4 nitrogen and oxygen atoms in total. The van der Waals surface area contributed by atoms with E-state index < -0.39 is 12.7 Å². The molecule has 0 radical (unpaired) electrons. The molecule has 0 atom stereocenters. The average Bonchev–Trinajstić information content (AvgIpc) is 2.76. The van der Waals surface area contributed by atoms with E-state index in [2.05, 4.69) is 4.98 Å². The first-order valence-electron chi connectivity index (χ1n) is 7.77. The van der Waals surface area contributed by atoms with Crippen LogP contribution in [0, 0.1) is 20.8 Å². The van der Waals surface area contributed by atoms with Crippen LogP contribution in [0.25, 0.3) is 22.2 Å². The number of benzene rings is 2. The van der Waals surface area contributed by atoms with Crippen molar-refractivity contribution in [3.8, 4) is 11.1 Å². The number of halogens is 3. The van der Waals surface area contributed by atoms with Gasteiger partial charge in [-0.3, -0.25) is 4.57 Å². The maximum atomic E-state index is 12.9. The largest absolute Gasteiger partial charge is 0.406 e. The second-order valence-corrected chi connectivity index (χ2v) is 6.34. The highest BCUT2D eigenvalue weighted by atomic mass is 19.4. The first kappa shape index (κ1) is 17.1. The fourth-order valence-corrected chi connectivity index (χ4v) is 3.43. The van der Waals surface area contributed by atoms with Crippen LogP contribution in [-0.2, 0) is 6.54 Å². The minimum absolute atomic E-state index is 0.200. The first-order valence-corrected chi connectivity index (χ1v) is 7.77. The van der Waals surface area contributed by atoms with Crippen molar-refractivity contribution < 1.29 is 13.2 Å². The van der Waals surface area contributed by atoms with Gasteiger partial charge in [0, 0.05) is 5.56 Å². The third kappa shape index (κ3) is 3.01. The minimum Gasteiger partial charge on any atom is -0.397 e. The number of aromatic nitrogens is 2. The van der Waals surface area contributed by atoms with Gasteiger partial charge in [-0.2, -0.15) is 13.2 Å². The predicted octanol–water partition coefficient (Wildman–Crippen LogP) is 4.36. The van der Waals surface area contributed by atoms with E-state index in [-0.39, 0.29) is 17.2 Å². The molecular weight excluding hydrogens is 329 g/mol. The zero-order valence-electron chi connectivity index (χ0n) is 14.2. The molecule has 0 fully saturated rings. The summed E-state index contributed by atoms with van der Waals surface area (Å²) >= 11 is 0. The highest BCUT2D eigenvalue weighted by Crippen LogP contribution is 2.37. The first-order chi connectivity index (χ1) is 11.6. The van der Waals surface area contributed by atoms with Gasteiger partial charge in [-0.05, 0) is 49.6 Å². The van der Waals surface area contributed by atoms with Crippen LogP contribution < -0.4 is 11.5 Å². The van der Waals surface area contributed by atoms with Crippen LogP contribution in [-0.4, -0.2) is 15.7 Å². The average molecular weight is 348 g/mol. The summed E-state index contributed by atoms with van der Waals surface area (Å²) in [5.74, 6) is -0.200. The molecule has 0 amide bonds. The summed E-state index contributed by atoms with van der Waals surface area (Å²) in [5, 5.41) is 0. The molecule has 2 aromatic carbocycles. The molecule has 0 saturated carbocycles. The Labute approximate surface area is 143 Å². The zero-order valence-corrected chi connectivity index (χ0v) is 14.2. The number of nitrogens with zero attached hydrogens (tertiary/aromatic N) is 2. The summed E-state index contributed by atoms with van der Waals surface area (Å²) in [6, 6.07) is 7.44. The molecule has 0 saturated heterocycles. The fourth-order valence-electron chi connectivity index (χ4n) is 3.43. The Morgan fingerprint density at radius 3 is 2.20 bits per heavy atom. The Morgan fingerprint density at radius 1 is 1.04 bits per heavy atom. The maximum absolute atomic E-state index is 12.9. The van der Waals surface area contributed by atoms with E-state index in [1.807, 2.05) is 32.9 Å². The van der Waals surface area contributed by atoms with E-state index in [0.29, 0.717) is 5.52 Å². The molecule has 25 heavy (non-hydrogen) atoms. The second-order valence-electron chi connectivity index (χ2n) is 6.34. The summed E-state index contributed by atoms with van der Waals surface area (Å²) in [6.45, 7) is 4.70. The number of aryl methyl sites for hydroxylation is 3. The highest BCUT2D eigenvalue weighted by Gasteiger charge is 2.31. The Bertz CT molecular complexity index is 948. The van der Waals surface area contributed by atoms with Crippen molar-refractivity contribution in [3.63, 3.8) is 0 Å². The lowest BCUT2D eigenvalue weighted by molar-refractivity contribution is -0.139. The number of rotatable bonds is 2. The molecule has 4 N–H and O–H groups in total. The van der Waals surface area contributed by atoms with Gasteiger partial charge in [-0.25, -0.2) is 4.98 Å². The van der Waals surface area contributed by atoms with Gasteiger partial charge in [0.05, 0.1) is 11.2 Å². The van der Waals surface area contributed by atoms with Crippen LogP contribution in [0.15, 0.2) is 24.3 Å². The highest BCUT2D eigenvalue weighted by molar-refractivity contribution is 6.01. The zero-order chi connectivity index (χ0) is 18.5. The Balaban J connectivity index is 2.33. The molecule has 0 unspecified atom stereocenters. The Morgan fingerprint density at radius 2 is 1.64 bits per heavy atom. The smallest absolute Gasteiger partial charge is 0.397 e. The van der Waals surface area contributed by atoms with E-state index in [1.54, 1.807) is 12.1 Å². The standard InChI is InChI=1S/C18H19F3N4/c1-9-6-10(2)14(11(3)7-9)12-4-5-13(22)16-15(12)24-17(23)25(16)8-18(19,20)21/h4-7H,8,22H2,1-3H3,(H2,23,24). The molecule has 0 aliphatic carbocycles. The number of nitrogen functional groups attached to an aromatic ring is 2. The van der Waals surface area contributed by atoms with E-state index in [4.69, 9.17) is 11.5 Å². The van der Waals surface area contributed by atoms with Crippen LogP contribution in [0.1, 0.15) is 16.7 Å². The van der Waals surface area contributed by atoms with E-state index in [0.717, 1.165) is 32.4 Å².